The number of carbonyl (C=O) groups excluding carboxylic acids is 1. The largest absolute Gasteiger partial charge is 0.340 e. The van der Waals surface area contributed by atoms with Gasteiger partial charge in [0.2, 0.25) is 5.91 Å². The van der Waals surface area contributed by atoms with E-state index in [4.69, 9.17) is 0 Å². The second-order valence-corrected chi connectivity index (χ2v) is 3.28. The zero-order chi connectivity index (χ0) is 9.56. The van der Waals surface area contributed by atoms with Crippen LogP contribution in [0.2, 0.25) is 0 Å². The Morgan fingerprint density at radius 3 is 2.42 bits per heavy atom. The summed E-state index contributed by atoms with van der Waals surface area (Å²) < 4.78 is 0. The zero-order valence-electron chi connectivity index (χ0n) is 8.47. The normalized spacial score (nSPS) is 10.4. The van der Waals surface area contributed by atoms with Crippen molar-refractivity contribution in [3.05, 3.63) is 6.92 Å². The summed E-state index contributed by atoms with van der Waals surface area (Å²) >= 11 is 0. The minimum Gasteiger partial charge on any atom is -0.340 e. The van der Waals surface area contributed by atoms with Gasteiger partial charge in [-0.3, -0.25) is 4.79 Å². The third-order valence-corrected chi connectivity index (χ3v) is 1.80. The highest BCUT2D eigenvalue weighted by atomic mass is 16.2. The summed E-state index contributed by atoms with van der Waals surface area (Å²) in [6.07, 6.45) is 2.31. The molecule has 0 atom stereocenters. The first-order valence-electron chi connectivity index (χ1n) is 4.72. The molecule has 2 nitrogen and oxygen atoms in total. The van der Waals surface area contributed by atoms with Gasteiger partial charge in [0.25, 0.3) is 0 Å². The maximum absolute atomic E-state index is 11.5. The van der Waals surface area contributed by atoms with Gasteiger partial charge in [0.05, 0.1) is 0 Å². The molecule has 0 spiro atoms. The monoisotopic (exact) mass is 170 g/mol. The number of nitrogens with zero attached hydrogens (tertiary/aromatic N) is 1. The Morgan fingerprint density at radius 2 is 2.08 bits per heavy atom. The van der Waals surface area contributed by atoms with Crippen molar-refractivity contribution in [1.82, 2.24) is 4.90 Å². The molecule has 1 amide bonds. The van der Waals surface area contributed by atoms with E-state index >= 15 is 0 Å². The summed E-state index contributed by atoms with van der Waals surface area (Å²) in [7, 11) is 0. The molecule has 1 radical (unpaired) electrons. The molecule has 0 fully saturated rings. The second kappa shape index (κ2) is 6.04. The minimum atomic E-state index is 0.238. The first-order valence-corrected chi connectivity index (χ1v) is 4.72. The van der Waals surface area contributed by atoms with E-state index in [2.05, 4.69) is 27.7 Å². The van der Waals surface area contributed by atoms with E-state index in [0.717, 1.165) is 13.0 Å². The molecule has 0 rings (SSSR count). The van der Waals surface area contributed by atoms with Crippen LogP contribution >= 0.6 is 0 Å². The van der Waals surface area contributed by atoms with Crippen LogP contribution in [0.5, 0.6) is 0 Å². The average Bonchev–Trinajstić information content (AvgIpc) is 1.99. The maximum Gasteiger partial charge on any atom is 0.222 e. The molecule has 0 aromatic rings. The fraction of sp³-hybridized carbons (Fsp3) is 0.800. The molecule has 0 unspecified atom stereocenters. The van der Waals surface area contributed by atoms with Gasteiger partial charge < -0.3 is 4.90 Å². The SMILES string of the molecule is [CH2]CCC(=O)N(CCC)C(C)C. The van der Waals surface area contributed by atoms with Crippen molar-refractivity contribution in [2.45, 2.75) is 46.1 Å². The van der Waals surface area contributed by atoms with E-state index in [1.807, 2.05) is 4.90 Å². The quantitative estimate of drug-likeness (QED) is 0.619. The predicted molar refractivity (Wildman–Crippen MR) is 51.7 cm³/mol. The van der Waals surface area contributed by atoms with E-state index in [1.54, 1.807) is 0 Å². The summed E-state index contributed by atoms with van der Waals surface area (Å²) in [5.41, 5.74) is 0. The lowest BCUT2D eigenvalue weighted by molar-refractivity contribution is -0.132. The number of carbonyl (C=O) groups is 1. The maximum atomic E-state index is 11.5. The van der Waals surface area contributed by atoms with Crippen LogP contribution in [0.1, 0.15) is 40.0 Å². The molecule has 0 saturated heterocycles. The summed E-state index contributed by atoms with van der Waals surface area (Å²) in [5, 5.41) is 0. The van der Waals surface area contributed by atoms with Crippen molar-refractivity contribution in [2.75, 3.05) is 6.54 Å². The van der Waals surface area contributed by atoms with Crippen molar-refractivity contribution in [2.24, 2.45) is 0 Å². The van der Waals surface area contributed by atoms with E-state index < -0.39 is 0 Å². The van der Waals surface area contributed by atoms with Crippen LogP contribution in [0.25, 0.3) is 0 Å². The van der Waals surface area contributed by atoms with Gasteiger partial charge >= 0.3 is 0 Å². The lowest BCUT2D eigenvalue weighted by atomic mass is 10.2. The van der Waals surface area contributed by atoms with Gasteiger partial charge in [-0.2, -0.15) is 0 Å². The van der Waals surface area contributed by atoms with Crippen molar-refractivity contribution >= 4 is 5.91 Å². The molecule has 0 aromatic heterocycles. The lowest BCUT2D eigenvalue weighted by Gasteiger charge is -2.26. The van der Waals surface area contributed by atoms with Crippen LogP contribution in [0, 0.1) is 6.92 Å². The molecule has 12 heavy (non-hydrogen) atoms. The van der Waals surface area contributed by atoms with Crippen LogP contribution in [-0.4, -0.2) is 23.4 Å². The third-order valence-electron chi connectivity index (χ3n) is 1.80. The first kappa shape index (κ1) is 11.5. The van der Waals surface area contributed by atoms with Crippen molar-refractivity contribution < 1.29 is 4.79 Å². The molecule has 71 valence electrons. The van der Waals surface area contributed by atoms with Crippen molar-refractivity contribution in [3.8, 4) is 0 Å². The average molecular weight is 170 g/mol. The predicted octanol–water partition coefficient (Wildman–Crippen LogP) is 2.25. The van der Waals surface area contributed by atoms with Crippen molar-refractivity contribution in [3.63, 3.8) is 0 Å². The van der Waals surface area contributed by atoms with E-state index in [-0.39, 0.29) is 5.91 Å². The molecule has 0 heterocycles. The number of hydrogen-bond donors (Lipinski definition) is 0. The molecular weight excluding hydrogens is 150 g/mol. The fourth-order valence-corrected chi connectivity index (χ4v) is 1.21. The van der Waals surface area contributed by atoms with Crippen LogP contribution in [0.3, 0.4) is 0 Å². The molecule has 0 saturated carbocycles. The Balaban J connectivity index is 4.00. The van der Waals surface area contributed by atoms with Gasteiger partial charge in [0, 0.05) is 19.0 Å². The number of hydrogen-bond acceptors (Lipinski definition) is 1. The summed E-state index contributed by atoms with van der Waals surface area (Å²) in [5.74, 6) is 0.238. The van der Waals surface area contributed by atoms with Gasteiger partial charge in [0.1, 0.15) is 0 Å². The Morgan fingerprint density at radius 1 is 1.50 bits per heavy atom. The Kier molecular flexibility index (Phi) is 5.77. The summed E-state index contributed by atoms with van der Waals surface area (Å²) in [6.45, 7) is 10.7. The first-order chi connectivity index (χ1) is 5.63. The topological polar surface area (TPSA) is 20.3 Å². The Bertz CT molecular complexity index is 132. The molecule has 2 heteroatoms. The molecule has 0 N–H and O–H groups in total. The fourth-order valence-electron chi connectivity index (χ4n) is 1.21. The minimum absolute atomic E-state index is 0.238. The third kappa shape index (κ3) is 3.74. The van der Waals surface area contributed by atoms with E-state index in [1.165, 1.54) is 0 Å². The zero-order valence-corrected chi connectivity index (χ0v) is 8.47. The lowest BCUT2D eigenvalue weighted by Crippen LogP contribution is -2.37. The standard InChI is InChI=1S/C10H20NO/c1-5-7-10(12)11(8-6-2)9(3)4/h9H,1,5-8H2,2-4H3. The van der Waals surface area contributed by atoms with E-state index in [0.29, 0.717) is 18.9 Å². The highest BCUT2D eigenvalue weighted by molar-refractivity contribution is 5.76. The summed E-state index contributed by atoms with van der Waals surface area (Å²) in [4.78, 5) is 13.4. The molecule has 0 aliphatic heterocycles. The Hall–Kier alpha value is -0.530. The van der Waals surface area contributed by atoms with Gasteiger partial charge in [-0.1, -0.05) is 13.8 Å². The number of amides is 1. The molecule has 0 aliphatic rings. The molecular formula is C10H20NO. The highest BCUT2D eigenvalue weighted by Gasteiger charge is 2.13. The van der Waals surface area contributed by atoms with Gasteiger partial charge in [-0.25, -0.2) is 0 Å². The van der Waals surface area contributed by atoms with Crippen LogP contribution in [0.4, 0.5) is 0 Å². The van der Waals surface area contributed by atoms with Gasteiger partial charge in [0.15, 0.2) is 0 Å². The van der Waals surface area contributed by atoms with Gasteiger partial charge in [-0.05, 0) is 26.7 Å². The number of rotatable bonds is 5. The second-order valence-electron chi connectivity index (χ2n) is 3.28. The van der Waals surface area contributed by atoms with Crippen molar-refractivity contribution in [1.29, 1.82) is 0 Å². The smallest absolute Gasteiger partial charge is 0.222 e. The van der Waals surface area contributed by atoms with Crippen LogP contribution < -0.4 is 0 Å². The molecule has 0 aliphatic carbocycles. The summed E-state index contributed by atoms with van der Waals surface area (Å²) in [6, 6.07) is 0.323. The van der Waals surface area contributed by atoms with E-state index in [9.17, 15) is 4.79 Å². The van der Waals surface area contributed by atoms with Gasteiger partial charge in [-0.15, -0.1) is 0 Å². The van der Waals surface area contributed by atoms with Crippen LogP contribution in [0.15, 0.2) is 0 Å². The Labute approximate surface area is 75.9 Å². The highest BCUT2D eigenvalue weighted by Crippen LogP contribution is 2.04. The van der Waals surface area contributed by atoms with Crippen LogP contribution in [-0.2, 0) is 4.79 Å². The molecule has 0 bridgehead atoms. The molecule has 0 aromatic carbocycles.